The Kier molecular flexibility index (Phi) is 18.6. The molecule has 9 atom stereocenters. The van der Waals surface area contributed by atoms with E-state index in [1.807, 2.05) is 16.5 Å². The number of hydrazone groups is 1. The molecule has 22 nitrogen and oxygen atoms in total. The fourth-order valence-corrected chi connectivity index (χ4v) is 11.2. The first-order valence-corrected chi connectivity index (χ1v) is 27.9. The molecule has 0 unspecified atom stereocenters. The maximum Gasteiger partial charge on any atom is 0.341 e. The number of anilines is 2. The summed E-state index contributed by atoms with van der Waals surface area (Å²) in [6, 6.07) is 3.08. The average molecular weight is 1150 g/mol. The number of aromatic hydroxyl groups is 3. The van der Waals surface area contributed by atoms with E-state index < -0.39 is 106 Å². The van der Waals surface area contributed by atoms with Crippen LogP contribution in [0, 0.1) is 36.4 Å². The Balaban J connectivity index is 0.000000308. The molecule has 83 heavy (non-hydrogen) atoms. The number of nitrogens with one attached hydrogen (secondary N) is 2. The highest BCUT2D eigenvalue weighted by Crippen LogP contribution is 2.55. The minimum absolute atomic E-state index is 0.0559. The van der Waals surface area contributed by atoms with E-state index in [-0.39, 0.29) is 61.5 Å². The number of pyridine rings is 1. The topological polar surface area (TPSA) is 295 Å². The molecule has 1 amide bonds. The van der Waals surface area contributed by atoms with Crippen LogP contribution in [0.3, 0.4) is 0 Å². The number of rotatable bonds is 7. The zero-order valence-electron chi connectivity index (χ0n) is 48.4. The van der Waals surface area contributed by atoms with Gasteiger partial charge in [0.2, 0.25) is 5.43 Å². The summed E-state index contributed by atoms with van der Waals surface area (Å²) < 4.78 is 40.0. The standard InChI is InChI=1S/C43H58N4O12.C17H18FN3O3/c1-21-12-11-13-22(2)42(55)45-33-28(20-44-47-17-15-46(9)16-18-47)37(52)30-31(38(33)53)36(51)26(6)40-32(30)41(54)43(8,59-40)57-19-14-29(56-10)23(3)39(58-27(7)48)25(5)35(50)24(4)34(21)49;18-13-7-11-14(8-15(13)20-5-3-19-4-6-20)21(10-1-2-10)9-12(16(11)22)17(23)24/h11-14,19-21,23-25,29,34-35,39,49-53H,15-18H2,1-10H3,(H,45,55);7-10,19H,1-6H2,(H,23,24)/b12-11+,19-14+,22-13-,44-20-;/t21-,23-,24-,25-,29+,34+,35+,39-,43+;/m1./s1. The number of benzene rings is 3. The van der Waals surface area contributed by atoms with Gasteiger partial charge in [-0.3, -0.25) is 24.2 Å². The lowest BCUT2D eigenvalue weighted by molar-refractivity contribution is -0.160. The van der Waals surface area contributed by atoms with Gasteiger partial charge in [-0.15, -0.1) is 0 Å². The first-order valence-electron chi connectivity index (χ1n) is 27.9. The lowest BCUT2D eigenvalue weighted by Gasteiger charge is -2.38. The van der Waals surface area contributed by atoms with Gasteiger partial charge in [0.15, 0.2) is 5.75 Å². The van der Waals surface area contributed by atoms with Crippen molar-refractivity contribution >= 4 is 62.9 Å². The smallest absolute Gasteiger partial charge is 0.341 e. The van der Waals surface area contributed by atoms with Crippen LogP contribution in [-0.4, -0.2) is 172 Å². The van der Waals surface area contributed by atoms with E-state index >= 15 is 0 Å². The third-order valence-electron chi connectivity index (χ3n) is 16.6. The summed E-state index contributed by atoms with van der Waals surface area (Å²) >= 11 is 0. The molecule has 8 N–H and O–H groups in total. The number of aromatic carboxylic acids is 1. The van der Waals surface area contributed by atoms with Gasteiger partial charge in [0, 0.05) is 131 Å². The predicted molar refractivity (Wildman–Crippen MR) is 309 cm³/mol. The average Bonchev–Trinajstić information content (AvgIpc) is 2.37. The number of halogens is 1. The van der Waals surface area contributed by atoms with Crippen molar-refractivity contribution in [3.05, 3.63) is 92.8 Å². The lowest BCUT2D eigenvalue weighted by Crippen LogP contribution is -2.46. The van der Waals surface area contributed by atoms with E-state index in [1.54, 1.807) is 50.9 Å². The molecule has 1 saturated carbocycles. The summed E-state index contributed by atoms with van der Waals surface area (Å²) in [6.07, 6.45) is 8.15. The number of ketones is 1. The van der Waals surface area contributed by atoms with Gasteiger partial charge in [-0.1, -0.05) is 45.9 Å². The number of piperazine rings is 2. The molecule has 1 aromatic heterocycles. The van der Waals surface area contributed by atoms with Crippen molar-refractivity contribution in [1.29, 1.82) is 0 Å². The number of fused-ring (bicyclic) bond motifs is 15. The number of Topliss-reactive ketones (excluding diaryl/α,β-unsaturated/α-hetero) is 1. The van der Waals surface area contributed by atoms with E-state index in [4.69, 9.17) is 18.9 Å². The molecule has 3 aromatic carbocycles. The van der Waals surface area contributed by atoms with Crippen LogP contribution in [0.1, 0.15) is 99.2 Å². The maximum absolute atomic E-state index is 14.6. The second kappa shape index (κ2) is 25.1. The number of allylic oxidation sites excluding steroid dienone is 2. The van der Waals surface area contributed by atoms with Crippen LogP contribution < -0.4 is 25.7 Å². The summed E-state index contributed by atoms with van der Waals surface area (Å²) in [6.45, 7) is 18.1. The van der Waals surface area contributed by atoms with Gasteiger partial charge in [-0.2, -0.15) is 5.10 Å². The summed E-state index contributed by atoms with van der Waals surface area (Å²) in [5.74, 6) is -10.1. The largest absolute Gasteiger partial charge is 0.507 e. The first kappa shape index (κ1) is 61.5. The van der Waals surface area contributed by atoms with Gasteiger partial charge in [0.05, 0.1) is 64.2 Å². The lowest BCUT2D eigenvalue weighted by atomic mass is 9.78. The molecular formula is C60H76FN7O15. The van der Waals surface area contributed by atoms with Crippen molar-refractivity contribution in [2.75, 3.05) is 76.7 Å². The predicted octanol–water partition coefficient (Wildman–Crippen LogP) is 5.92. The molecule has 4 aromatic rings. The summed E-state index contributed by atoms with van der Waals surface area (Å²) in [7, 11) is 3.42. The zero-order chi connectivity index (χ0) is 60.5. The highest BCUT2D eigenvalue weighted by molar-refractivity contribution is 6.24. The van der Waals surface area contributed by atoms with Crippen LogP contribution in [0.15, 0.2) is 64.4 Å². The number of esters is 1. The highest BCUT2D eigenvalue weighted by Gasteiger charge is 2.50. The number of hydrogen-bond acceptors (Lipinski definition) is 19. The third-order valence-corrected chi connectivity index (χ3v) is 16.6. The van der Waals surface area contributed by atoms with Crippen molar-refractivity contribution in [3.8, 4) is 23.0 Å². The summed E-state index contributed by atoms with van der Waals surface area (Å²) in [4.78, 5) is 68.3. The Morgan fingerprint density at radius 3 is 2.19 bits per heavy atom. The normalized spacial score (nSPS) is 28.0. The number of aliphatic hydroxyl groups excluding tert-OH is 2. The number of likely N-dealkylation sites (N-methyl/N-ethyl adjacent to an activating group) is 1. The molecule has 23 heteroatoms. The van der Waals surface area contributed by atoms with Gasteiger partial charge in [0.25, 0.3) is 11.7 Å². The van der Waals surface area contributed by atoms with Crippen molar-refractivity contribution in [1.82, 2.24) is 19.8 Å². The maximum atomic E-state index is 14.6. The minimum atomic E-state index is -2.04. The number of aromatic nitrogens is 1. The number of carboxylic acid groups (broad SMARTS) is 1. The van der Waals surface area contributed by atoms with Gasteiger partial charge >= 0.3 is 17.7 Å². The van der Waals surface area contributed by atoms with E-state index in [2.05, 4.69) is 20.6 Å². The van der Waals surface area contributed by atoms with Crippen molar-refractivity contribution in [2.24, 2.45) is 28.8 Å². The first-order chi connectivity index (χ1) is 39.3. The Morgan fingerprint density at radius 1 is 0.892 bits per heavy atom. The van der Waals surface area contributed by atoms with Crippen LogP contribution in [0.2, 0.25) is 0 Å². The molecule has 0 radical (unpaired) electrons. The Morgan fingerprint density at radius 2 is 1.57 bits per heavy atom. The fraction of sp³-hybridized carbons (Fsp3) is 0.500. The molecule has 5 aliphatic heterocycles. The number of amides is 1. The molecule has 10 rings (SSSR count). The molecule has 0 spiro atoms. The number of methoxy groups -OCH3 is 1. The zero-order valence-corrected chi connectivity index (χ0v) is 48.4. The quantitative estimate of drug-likeness (QED) is 0.0461. The minimum Gasteiger partial charge on any atom is -0.507 e. The van der Waals surface area contributed by atoms with Crippen molar-refractivity contribution in [3.63, 3.8) is 0 Å². The van der Waals surface area contributed by atoms with E-state index in [9.17, 15) is 59.0 Å². The van der Waals surface area contributed by atoms with Crippen LogP contribution in [-0.2, 0) is 23.8 Å². The van der Waals surface area contributed by atoms with Crippen LogP contribution >= 0.6 is 0 Å². The van der Waals surface area contributed by atoms with Crippen LogP contribution in [0.5, 0.6) is 23.0 Å². The van der Waals surface area contributed by atoms with Crippen molar-refractivity contribution in [2.45, 2.75) is 104 Å². The Hall–Kier alpha value is -7.57. The molecular weight excluding hydrogens is 1080 g/mol. The molecule has 2 saturated heterocycles. The fourth-order valence-electron chi connectivity index (χ4n) is 11.2. The monoisotopic (exact) mass is 1150 g/mol. The summed E-state index contributed by atoms with van der Waals surface area (Å²) in [5, 5.41) is 79.5. The van der Waals surface area contributed by atoms with Gasteiger partial charge < -0.3 is 74.6 Å². The summed E-state index contributed by atoms with van der Waals surface area (Å²) in [5.41, 5.74) is -0.191. The SMILES string of the molecule is CO[C@H]1/C=C/O[C@@]2(C)Oc3c(C)c(O)c4c(O)c(c(/C=N\N5CCN(C)CC5)c(O)c4c3C2=O)NC(=O)/C(C)=C\C=C\[C@@H](C)[C@H](O)[C@@H](C)[C@H](O)[C@@H](C)[C@H](OC(C)=O)[C@@H]1C.O=C(O)c1cn(C2CC2)c2cc(N3CCNCC3)c(F)cc2c1=O. The molecule has 5 bridgehead atoms. The number of carboxylic acids is 1. The number of nitrogens with zero attached hydrogens (tertiary/aromatic N) is 5. The van der Waals surface area contributed by atoms with Gasteiger partial charge in [-0.05, 0) is 51.9 Å². The Labute approximate surface area is 480 Å². The molecule has 448 valence electrons. The number of carbonyl (C=O) groups excluding carboxylic acids is 3. The van der Waals surface area contributed by atoms with E-state index in [1.165, 1.54) is 71.7 Å². The van der Waals surface area contributed by atoms with E-state index in [0.717, 1.165) is 39.0 Å². The molecule has 3 fully saturated rings. The molecule has 6 heterocycles. The third kappa shape index (κ3) is 12.5. The van der Waals surface area contributed by atoms with E-state index in [0.29, 0.717) is 37.4 Å². The van der Waals surface area contributed by atoms with Gasteiger partial charge in [0.1, 0.15) is 34.7 Å². The highest BCUT2D eigenvalue weighted by atomic mass is 19.1. The number of ether oxygens (including phenoxy) is 4. The molecule has 6 aliphatic rings. The van der Waals surface area contributed by atoms with Crippen molar-refractivity contribution < 1.29 is 73.2 Å². The Bertz CT molecular complexity index is 3360. The number of hydrogen-bond donors (Lipinski definition) is 8. The molecule has 1 aliphatic carbocycles. The van der Waals surface area contributed by atoms with Crippen LogP contribution in [0.4, 0.5) is 15.8 Å². The number of phenols is 3. The number of aliphatic hydroxyl groups is 2. The number of carbonyl (C=O) groups is 4. The second-order valence-electron chi connectivity index (χ2n) is 22.5. The second-order valence-corrected chi connectivity index (χ2v) is 22.5. The van der Waals surface area contributed by atoms with Crippen LogP contribution in [0.25, 0.3) is 21.7 Å². The number of phenolic OH excluding ortho intramolecular Hbond substituents is 3. The van der Waals surface area contributed by atoms with Gasteiger partial charge in [-0.25, -0.2) is 9.18 Å².